The van der Waals surface area contributed by atoms with Gasteiger partial charge in [-0.3, -0.25) is 0 Å². The summed E-state index contributed by atoms with van der Waals surface area (Å²) in [4.78, 5) is 2.42. The second kappa shape index (κ2) is 12.3. The summed E-state index contributed by atoms with van der Waals surface area (Å²) >= 11 is 0. The van der Waals surface area contributed by atoms with Crippen molar-refractivity contribution >= 4 is 39.0 Å². The summed E-state index contributed by atoms with van der Waals surface area (Å²) < 4.78 is 6.48. The molecule has 252 valence electrons. The van der Waals surface area contributed by atoms with Crippen LogP contribution in [0.4, 0.5) is 17.1 Å². The summed E-state index contributed by atoms with van der Waals surface area (Å²) in [6.07, 6.45) is 0. The number of rotatable bonds is 6. The Hall–Kier alpha value is -6.64. The lowest BCUT2D eigenvalue weighted by molar-refractivity contribution is 0.660. The molecule has 1 heterocycles. The summed E-state index contributed by atoms with van der Waals surface area (Å²) in [5.41, 5.74) is 17.3. The van der Waals surface area contributed by atoms with Crippen LogP contribution in [0.2, 0.25) is 0 Å². The van der Waals surface area contributed by atoms with E-state index in [2.05, 4.69) is 195 Å². The second-order valence-corrected chi connectivity index (χ2v) is 14.5. The first-order valence-electron chi connectivity index (χ1n) is 18.4. The molecule has 10 rings (SSSR count). The van der Waals surface area contributed by atoms with Crippen LogP contribution >= 0.6 is 0 Å². The van der Waals surface area contributed by atoms with Crippen LogP contribution in [0, 0.1) is 0 Å². The van der Waals surface area contributed by atoms with Crippen LogP contribution in [0.3, 0.4) is 0 Å². The van der Waals surface area contributed by atoms with Crippen molar-refractivity contribution in [3.05, 3.63) is 199 Å². The molecule has 0 spiro atoms. The van der Waals surface area contributed by atoms with E-state index in [1.165, 1.54) is 50.1 Å². The van der Waals surface area contributed by atoms with E-state index in [1.807, 2.05) is 12.1 Å². The van der Waals surface area contributed by atoms with Crippen molar-refractivity contribution in [3.8, 4) is 44.5 Å². The van der Waals surface area contributed by atoms with Gasteiger partial charge < -0.3 is 9.32 Å². The Balaban J connectivity index is 1.20. The van der Waals surface area contributed by atoms with Gasteiger partial charge in [-0.1, -0.05) is 159 Å². The van der Waals surface area contributed by atoms with E-state index in [0.29, 0.717) is 0 Å². The molecule has 8 aromatic carbocycles. The van der Waals surface area contributed by atoms with E-state index >= 15 is 0 Å². The molecule has 0 amide bonds. The monoisotopic (exact) mass is 679 g/mol. The Morgan fingerprint density at radius 1 is 0.377 bits per heavy atom. The van der Waals surface area contributed by atoms with E-state index in [1.54, 1.807) is 0 Å². The van der Waals surface area contributed by atoms with E-state index in [-0.39, 0.29) is 5.41 Å². The highest BCUT2D eigenvalue weighted by Crippen LogP contribution is 2.52. The van der Waals surface area contributed by atoms with Crippen LogP contribution in [-0.2, 0) is 5.41 Å². The van der Waals surface area contributed by atoms with Gasteiger partial charge in [-0.15, -0.1) is 0 Å². The second-order valence-electron chi connectivity index (χ2n) is 14.5. The van der Waals surface area contributed by atoms with Crippen molar-refractivity contribution in [3.63, 3.8) is 0 Å². The number of fused-ring (bicyclic) bond motifs is 6. The molecule has 0 saturated heterocycles. The number of hydrogen-bond donors (Lipinski definition) is 0. The van der Waals surface area contributed by atoms with Gasteiger partial charge >= 0.3 is 0 Å². The number of hydrogen-bond acceptors (Lipinski definition) is 2. The molecule has 2 heteroatoms. The molecule has 0 aliphatic heterocycles. The van der Waals surface area contributed by atoms with Gasteiger partial charge in [0.2, 0.25) is 0 Å². The highest BCUT2D eigenvalue weighted by atomic mass is 16.3. The van der Waals surface area contributed by atoms with E-state index in [9.17, 15) is 0 Å². The van der Waals surface area contributed by atoms with Crippen LogP contribution in [0.15, 0.2) is 192 Å². The average molecular weight is 680 g/mol. The molecule has 2 nitrogen and oxygen atoms in total. The summed E-state index contributed by atoms with van der Waals surface area (Å²) in [5, 5.41) is 2.25. The number of para-hydroxylation sites is 2. The fraction of sp³-hybridized carbons (Fsp3) is 0.0588. The molecule has 1 aliphatic rings. The molecule has 53 heavy (non-hydrogen) atoms. The van der Waals surface area contributed by atoms with Crippen molar-refractivity contribution in [2.45, 2.75) is 19.3 Å². The third-order valence-electron chi connectivity index (χ3n) is 11.1. The predicted molar refractivity (Wildman–Crippen MR) is 222 cm³/mol. The maximum absolute atomic E-state index is 6.48. The van der Waals surface area contributed by atoms with Crippen molar-refractivity contribution < 1.29 is 4.42 Å². The number of anilines is 3. The van der Waals surface area contributed by atoms with Crippen molar-refractivity contribution in [2.24, 2.45) is 0 Å². The highest BCUT2D eigenvalue weighted by molar-refractivity contribution is 6.06. The molecule has 0 radical (unpaired) electrons. The summed E-state index contributed by atoms with van der Waals surface area (Å²) in [6, 6.07) is 67.9. The molecule has 0 atom stereocenters. The normalized spacial score (nSPS) is 12.9. The lowest BCUT2D eigenvalue weighted by Gasteiger charge is -2.30. The lowest BCUT2D eigenvalue weighted by atomic mass is 9.82. The Morgan fingerprint density at radius 3 is 1.70 bits per heavy atom. The first-order valence-corrected chi connectivity index (χ1v) is 18.4. The SMILES string of the molecule is CC1(C)c2ccccc2-c2ccc(N(c3ccc4c(c3)oc3ccccc34)c3ccccc3-c3ccccc3-c3ccccc3-c3ccccc3)cc21. The zero-order valence-corrected chi connectivity index (χ0v) is 29.8. The van der Waals surface area contributed by atoms with E-state index < -0.39 is 0 Å². The van der Waals surface area contributed by atoms with Crippen LogP contribution in [0.1, 0.15) is 25.0 Å². The summed E-state index contributed by atoms with van der Waals surface area (Å²) in [5.74, 6) is 0. The molecule has 0 unspecified atom stereocenters. The van der Waals surface area contributed by atoms with Crippen molar-refractivity contribution in [1.82, 2.24) is 0 Å². The topological polar surface area (TPSA) is 16.4 Å². The van der Waals surface area contributed by atoms with Crippen molar-refractivity contribution in [1.29, 1.82) is 0 Å². The van der Waals surface area contributed by atoms with Crippen LogP contribution < -0.4 is 4.90 Å². The van der Waals surface area contributed by atoms with E-state index in [4.69, 9.17) is 4.42 Å². The smallest absolute Gasteiger partial charge is 0.137 e. The molecular weight excluding hydrogens is 643 g/mol. The Morgan fingerprint density at radius 2 is 0.906 bits per heavy atom. The van der Waals surface area contributed by atoms with Crippen molar-refractivity contribution in [2.75, 3.05) is 4.90 Å². The molecule has 0 N–H and O–H groups in total. The Kier molecular flexibility index (Phi) is 7.19. The van der Waals surface area contributed by atoms with Gasteiger partial charge in [-0.2, -0.15) is 0 Å². The first-order chi connectivity index (χ1) is 26.1. The van der Waals surface area contributed by atoms with Gasteiger partial charge in [-0.25, -0.2) is 0 Å². The first kappa shape index (κ1) is 31.1. The van der Waals surface area contributed by atoms with Crippen LogP contribution in [-0.4, -0.2) is 0 Å². The largest absolute Gasteiger partial charge is 0.456 e. The standard InChI is InChI=1S/C51H37NO/c1-51(2)46-25-13-10-22-41(46)42-30-28-35(32-47(42)51)52(36-29-31-45-44-24-12-15-27-49(44)53-50(45)33-36)48-26-14-11-23-43(48)40-21-9-8-20-39(40)38-19-7-6-18-37(38)34-16-4-3-5-17-34/h3-33H,1-2H3. The van der Waals surface area contributed by atoms with Gasteiger partial charge in [-0.05, 0) is 86.5 Å². The van der Waals surface area contributed by atoms with Gasteiger partial charge in [0.1, 0.15) is 11.2 Å². The van der Waals surface area contributed by atoms with Gasteiger partial charge in [0.05, 0.1) is 5.69 Å². The maximum Gasteiger partial charge on any atom is 0.137 e. The summed E-state index contributed by atoms with van der Waals surface area (Å²) in [7, 11) is 0. The molecular formula is C51H37NO. The zero-order valence-electron chi connectivity index (χ0n) is 29.8. The summed E-state index contributed by atoms with van der Waals surface area (Å²) in [6.45, 7) is 4.70. The minimum atomic E-state index is -0.135. The average Bonchev–Trinajstić information content (AvgIpc) is 3.70. The quantitative estimate of drug-likeness (QED) is 0.174. The molecule has 1 aliphatic carbocycles. The third-order valence-corrected chi connectivity index (χ3v) is 11.1. The molecule has 9 aromatic rings. The van der Waals surface area contributed by atoms with Gasteiger partial charge in [0, 0.05) is 39.2 Å². The van der Waals surface area contributed by atoms with Crippen LogP contribution in [0.25, 0.3) is 66.4 Å². The van der Waals surface area contributed by atoms with E-state index in [0.717, 1.165) is 44.6 Å². The predicted octanol–water partition coefficient (Wildman–Crippen LogP) is 14.4. The number of furan rings is 1. The highest BCUT2D eigenvalue weighted by Gasteiger charge is 2.36. The maximum atomic E-state index is 6.48. The minimum absolute atomic E-state index is 0.135. The Bertz CT molecular complexity index is 2820. The Labute approximate surface area is 310 Å². The minimum Gasteiger partial charge on any atom is -0.456 e. The third kappa shape index (κ3) is 5.02. The number of nitrogens with zero attached hydrogens (tertiary/aromatic N) is 1. The zero-order chi connectivity index (χ0) is 35.5. The molecule has 1 aromatic heterocycles. The molecule has 0 fully saturated rings. The fourth-order valence-corrected chi connectivity index (χ4v) is 8.55. The van der Waals surface area contributed by atoms with Gasteiger partial charge in [0.15, 0.2) is 0 Å². The van der Waals surface area contributed by atoms with Gasteiger partial charge in [0.25, 0.3) is 0 Å². The lowest BCUT2D eigenvalue weighted by Crippen LogP contribution is -2.17. The van der Waals surface area contributed by atoms with Crippen LogP contribution in [0.5, 0.6) is 0 Å². The fourth-order valence-electron chi connectivity index (χ4n) is 8.55. The number of benzene rings is 8. The molecule has 0 saturated carbocycles. The molecule has 0 bridgehead atoms.